The quantitative estimate of drug-likeness (QED) is 0.387. The summed E-state index contributed by atoms with van der Waals surface area (Å²) in [5.74, 6) is 0. The van der Waals surface area contributed by atoms with Gasteiger partial charge in [0.25, 0.3) is 0 Å². The Balaban J connectivity index is -0.0000000383. The van der Waals surface area contributed by atoms with Gasteiger partial charge in [0.15, 0.2) is 0 Å². The molecule has 0 atom stereocenters. The van der Waals surface area contributed by atoms with Crippen LogP contribution in [0.15, 0.2) is 0 Å². The predicted molar refractivity (Wildman–Crippen MR) is 50.1 cm³/mol. The van der Waals surface area contributed by atoms with E-state index in [0.717, 1.165) is 0 Å². The first-order valence-electron chi connectivity index (χ1n) is 2.29. The molecule has 2 radical (unpaired) electrons. The topological polar surface area (TPSA) is 46.1 Å². The summed E-state index contributed by atoms with van der Waals surface area (Å²) in [5.41, 5.74) is 6.31. The second-order valence-corrected chi connectivity index (χ2v) is 2.89. The van der Waals surface area contributed by atoms with Crippen LogP contribution in [0.25, 0.3) is 11.1 Å². The number of hydrogen-bond donors (Lipinski definition) is 0. The van der Waals surface area contributed by atoms with E-state index in [0.29, 0.717) is 5.04 Å². The van der Waals surface area contributed by atoms with E-state index in [1.165, 1.54) is 11.8 Å². The largest absolute Gasteiger partial charge is 0.802 e. The van der Waals surface area contributed by atoms with Crippen LogP contribution in [0, 0.1) is 0 Å². The molecule has 0 unspecified atom stereocenters. The Hall–Kier alpha value is 2.12. The molecule has 1 N–H and O–H groups in total. The molecular formula is C5H10N2S2Y2-2. The summed E-state index contributed by atoms with van der Waals surface area (Å²) >= 11 is 5.56. The molecule has 0 spiro atoms. The first-order valence-corrected chi connectivity index (χ1v) is 3.92. The molecular weight excluding hydrogens is 330 g/mol. The second-order valence-electron chi connectivity index (χ2n) is 1.28. The third-order valence-corrected chi connectivity index (χ3v) is 0.886. The molecule has 0 aromatic heterocycles. The minimum absolute atomic E-state index is 0. The van der Waals surface area contributed by atoms with Crippen molar-refractivity contribution in [2.75, 3.05) is 6.26 Å². The van der Waals surface area contributed by atoms with Gasteiger partial charge in [0, 0.05) is 65.4 Å². The van der Waals surface area contributed by atoms with E-state index >= 15 is 0 Å². The molecule has 0 heterocycles. The van der Waals surface area contributed by atoms with E-state index in [1.807, 2.05) is 6.26 Å². The summed E-state index contributed by atoms with van der Waals surface area (Å²) in [6, 6.07) is 0. The van der Waals surface area contributed by atoms with Crippen molar-refractivity contribution < 1.29 is 65.4 Å². The minimum atomic E-state index is 0. The van der Waals surface area contributed by atoms with E-state index in [4.69, 9.17) is 11.1 Å². The molecule has 0 fully saturated rings. The summed E-state index contributed by atoms with van der Waals surface area (Å²) in [6.45, 7) is 3.22. The first kappa shape index (κ1) is 23.2. The van der Waals surface area contributed by atoms with Gasteiger partial charge in [-0.1, -0.05) is 13.8 Å². The first-order chi connectivity index (χ1) is 4.00. The predicted octanol–water partition coefficient (Wildman–Crippen LogP) is 2.72. The Bertz CT molecular complexity index is 105. The third-order valence-electron chi connectivity index (χ3n) is 0.295. The van der Waals surface area contributed by atoms with Crippen LogP contribution in [-0.4, -0.2) is 16.3 Å². The third kappa shape index (κ3) is 73.2. The van der Waals surface area contributed by atoms with Crippen molar-refractivity contribution in [1.29, 1.82) is 0 Å². The van der Waals surface area contributed by atoms with Gasteiger partial charge < -0.3 is 11.1 Å². The van der Waals surface area contributed by atoms with Crippen LogP contribution in [0.4, 0.5) is 0 Å². The number of rotatable bonds is 0. The van der Waals surface area contributed by atoms with Gasteiger partial charge in [-0.2, -0.15) is 11.8 Å². The zero-order valence-corrected chi connectivity index (χ0v) is 14.2. The Kier molecular flexibility index (Phi) is 38.0. The van der Waals surface area contributed by atoms with E-state index in [9.17, 15) is 0 Å². The molecule has 6 heteroatoms. The normalized spacial score (nSPS) is 5.73. The summed E-state index contributed by atoms with van der Waals surface area (Å²) in [6.07, 6.45) is 1.83. The SMILES string of the molecule is CC([NH-])=S.CSC(C)=[N-].[Y].[Y]. The van der Waals surface area contributed by atoms with Crippen molar-refractivity contribution in [3.8, 4) is 0 Å². The van der Waals surface area contributed by atoms with Crippen LogP contribution in [-0.2, 0) is 65.4 Å². The van der Waals surface area contributed by atoms with Crippen molar-refractivity contribution in [2.45, 2.75) is 13.8 Å². The number of nitrogens with zero attached hydrogens (tertiary/aromatic N) is 1. The molecule has 0 aliphatic rings. The molecule has 60 valence electrons. The van der Waals surface area contributed by atoms with Gasteiger partial charge in [-0.15, -0.1) is 22.3 Å². The van der Waals surface area contributed by atoms with Gasteiger partial charge in [0.1, 0.15) is 0 Å². The molecule has 0 amide bonds. The van der Waals surface area contributed by atoms with Crippen LogP contribution in [0.2, 0.25) is 0 Å². The maximum Gasteiger partial charge on any atom is 0 e. The maximum atomic E-state index is 8.24. The molecule has 2 nitrogen and oxygen atoms in total. The fourth-order valence-electron chi connectivity index (χ4n) is 0. The van der Waals surface area contributed by atoms with E-state index in [2.05, 4.69) is 12.2 Å². The molecule has 11 heavy (non-hydrogen) atoms. The second kappa shape index (κ2) is 18.0. The Morgan fingerprint density at radius 1 is 1.36 bits per heavy atom. The van der Waals surface area contributed by atoms with Gasteiger partial charge in [-0.05, 0) is 6.26 Å². The Morgan fingerprint density at radius 3 is 1.45 bits per heavy atom. The monoisotopic (exact) mass is 340 g/mol. The number of hydrogen-bond acceptors (Lipinski definition) is 2. The molecule has 0 saturated heterocycles. The molecule has 0 aliphatic carbocycles. The van der Waals surface area contributed by atoms with Gasteiger partial charge in [-0.25, -0.2) is 0 Å². The van der Waals surface area contributed by atoms with Crippen LogP contribution in [0.5, 0.6) is 0 Å². The van der Waals surface area contributed by atoms with Crippen molar-refractivity contribution in [1.82, 2.24) is 0 Å². The van der Waals surface area contributed by atoms with E-state index in [-0.39, 0.29) is 70.4 Å². The van der Waals surface area contributed by atoms with Crippen molar-refractivity contribution in [3.05, 3.63) is 11.1 Å². The summed E-state index contributed by atoms with van der Waals surface area (Å²) in [4.78, 5) is 0.250. The molecule has 0 saturated carbocycles. The van der Waals surface area contributed by atoms with Gasteiger partial charge in [0.2, 0.25) is 0 Å². The van der Waals surface area contributed by atoms with Crippen LogP contribution >= 0.6 is 24.0 Å². The minimum Gasteiger partial charge on any atom is -0.802 e. The van der Waals surface area contributed by atoms with Crippen LogP contribution < -0.4 is 0 Å². The van der Waals surface area contributed by atoms with Crippen molar-refractivity contribution in [2.24, 2.45) is 0 Å². The van der Waals surface area contributed by atoms with Crippen LogP contribution in [0.3, 0.4) is 0 Å². The number of thiocarbonyl (C=S) groups is 1. The standard InChI is InChI=1S/C3H6NS.C2H5NS.2Y/c1-3(4)5-2;1-2(3)4;;/h1-2H3;1H3,(H2,3,4);;/q-1;;;/p-1. The Labute approximate surface area is 128 Å². The molecule has 0 rings (SSSR count). The van der Waals surface area contributed by atoms with E-state index in [1.54, 1.807) is 13.8 Å². The van der Waals surface area contributed by atoms with Crippen molar-refractivity contribution >= 4 is 34.0 Å². The summed E-state index contributed by atoms with van der Waals surface area (Å²) < 4.78 is 0. The number of thioether (sulfide) groups is 1. The maximum absolute atomic E-state index is 8.24. The molecule has 0 aromatic rings. The van der Waals surface area contributed by atoms with Gasteiger partial charge >= 0.3 is 0 Å². The summed E-state index contributed by atoms with van der Waals surface area (Å²) in [7, 11) is 0. The smallest absolute Gasteiger partial charge is 0 e. The number of nitrogens with one attached hydrogen (secondary N) is 1. The fourth-order valence-corrected chi connectivity index (χ4v) is 0. The van der Waals surface area contributed by atoms with Crippen LogP contribution in [0.1, 0.15) is 13.8 Å². The molecule has 0 bridgehead atoms. The molecule has 0 aromatic carbocycles. The molecule has 0 aliphatic heterocycles. The van der Waals surface area contributed by atoms with E-state index < -0.39 is 0 Å². The average Bonchev–Trinajstić information content (AvgIpc) is 1.65. The van der Waals surface area contributed by atoms with Gasteiger partial charge in [0.05, 0.1) is 0 Å². The van der Waals surface area contributed by atoms with Crippen molar-refractivity contribution in [3.63, 3.8) is 0 Å². The summed E-state index contributed by atoms with van der Waals surface area (Å²) in [5, 5.41) is 8.66. The fraction of sp³-hybridized carbons (Fsp3) is 0.600. The Morgan fingerprint density at radius 2 is 1.45 bits per heavy atom. The van der Waals surface area contributed by atoms with Gasteiger partial charge in [-0.3, -0.25) is 0 Å². The zero-order chi connectivity index (χ0) is 7.86. The average molecular weight is 340 g/mol. The zero-order valence-electron chi connectivity index (χ0n) is 6.92.